The average Bonchev–Trinajstić information content (AvgIpc) is 3.68. The highest BCUT2D eigenvalue weighted by atomic mass is 19.4. The molecule has 246 valence electrons. The van der Waals surface area contributed by atoms with Gasteiger partial charge in [-0.2, -0.15) is 13.2 Å². The van der Waals surface area contributed by atoms with Gasteiger partial charge in [0.25, 0.3) is 0 Å². The SMILES string of the molecule is C=C(C)/C(C(=C)CC[C@@H](C)N(CC(C)C)C(=O)OC1(C)CC1)=C(C(\C)=N/C)/C(=C\C(C)=C/C1=CC(F)=CC=C=C1C)C(F)(F)F. The van der Waals surface area contributed by atoms with Crippen LogP contribution in [0.2, 0.25) is 0 Å². The number of amides is 1. The van der Waals surface area contributed by atoms with Crippen molar-refractivity contribution in [1.29, 1.82) is 0 Å². The van der Waals surface area contributed by atoms with E-state index in [0.29, 0.717) is 41.7 Å². The standard InChI is InChI=1S/C37H48F4N2O2/c1-23(2)22-43(35(44)45-36(10)17-18-36)28(8)16-15-27(7)33(24(3)4)34(29(9)42-11)32(37(39,40)41)20-25(5)19-30-21-31(38)14-12-13-26(30)6/h12,14,19-21,23,28H,3,7,15-18,22H2,1-2,4-6,8-11H3/b25-19-,32-20+,34-33-,42-29-/t28-/m1/s1. The number of halogens is 4. The number of carbonyl (C=O) groups excluding carboxylic acids is 1. The summed E-state index contributed by atoms with van der Waals surface area (Å²) in [6, 6.07) is -0.245. The summed E-state index contributed by atoms with van der Waals surface area (Å²) in [5, 5.41) is 0. The Labute approximate surface area is 266 Å². The Balaban J connectivity index is 2.56. The molecular weight excluding hydrogens is 580 g/mol. The number of alkyl halides is 3. The van der Waals surface area contributed by atoms with E-state index in [4.69, 9.17) is 4.74 Å². The summed E-state index contributed by atoms with van der Waals surface area (Å²) in [6.07, 6.45) is 3.78. The molecule has 2 aliphatic carbocycles. The van der Waals surface area contributed by atoms with Gasteiger partial charge in [-0.1, -0.05) is 38.7 Å². The second-order valence-electron chi connectivity index (χ2n) is 12.7. The lowest BCUT2D eigenvalue weighted by molar-refractivity contribution is -0.0889. The molecule has 0 aliphatic heterocycles. The molecule has 1 fully saturated rings. The first-order chi connectivity index (χ1) is 20.8. The fourth-order valence-corrected chi connectivity index (χ4v) is 4.95. The fraction of sp³-hybridized carbons (Fsp3) is 0.486. The van der Waals surface area contributed by atoms with Gasteiger partial charge in [-0.25, -0.2) is 9.18 Å². The van der Waals surface area contributed by atoms with Gasteiger partial charge in [0.05, 0.1) is 5.57 Å². The van der Waals surface area contributed by atoms with E-state index in [1.807, 2.05) is 27.7 Å². The molecule has 0 heterocycles. The van der Waals surface area contributed by atoms with Gasteiger partial charge in [-0.15, -0.1) is 5.73 Å². The molecule has 0 aromatic carbocycles. The molecular formula is C37H48F4N2O2. The topological polar surface area (TPSA) is 41.9 Å². The predicted octanol–water partition coefficient (Wildman–Crippen LogP) is 10.7. The molecule has 4 nitrogen and oxygen atoms in total. The Morgan fingerprint density at radius 3 is 2.31 bits per heavy atom. The van der Waals surface area contributed by atoms with E-state index in [1.54, 1.807) is 18.7 Å². The van der Waals surface area contributed by atoms with Crippen LogP contribution in [0.5, 0.6) is 0 Å². The van der Waals surface area contributed by atoms with E-state index >= 15 is 0 Å². The third kappa shape index (κ3) is 11.0. The average molecular weight is 629 g/mol. The van der Waals surface area contributed by atoms with Crippen LogP contribution >= 0.6 is 0 Å². The molecule has 1 saturated carbocycles. The smallest absolute Gasteiger partial charge is 0.417 e. The molecule has 1 atom stereocenters. The summed E-state index contributed by atoms with van der Waals surface area (Å²) >= 11 is 0. The van der Waals surface area contributed by atoms with Crippen molar-refractivity contribution >= 4 is 11.8 Å². The zero-order chi connectivity index (χ0) is 34.3. The van der Waals surface area contributed by atoms with E-state index in [2.05, 4.69) is 23.9 Å². The van der Waals surface area contributed by atoms with Crippen molar-refractivity contribution in [3.63, 3.8) is 0 Å². The minimum Gasteiger partial charge on any atom is -0.443 e. The Bertz CT molecular complexity index is 1440. The second-order valence-corrected chi connectivity index (χ2v) is 12.7. The van der Waals surface area contributed by atoms with Crippen LogP contribution in [0.15, 0.2) is 105 Å². The van der Waals surface area contributed by atoms with E-state index in [0.717, 1.165) is 18.9 Å². The van der Waals surface area contributed by atoms with Crippen LogP contribution in [0.1, 0.15) is 81.1 Å². The lowest BCUT2D eigenvalue weighted by atomic mass is 9.85. The summed E-state index contributed by atoms with van der Waals surface area (Å²) in [4.78, 5) is 18.9. The lowest BCUT2D eigenvalue weighted by Gasteiger charge is -2.32. The second kappa shape index (κ2) is 15.6. The molecule has 8 heteroatoms. The summed E-state index contributed by atoms with van der Waals surface area (Å²) in [7, 11) is 1.44. The van der Waals surface area contributed by atoms with E-state index < -0.39 is 23.2 Å². The maximum atomic E-state index is 14.9. The highest BCUT2D eigenvalue weighted by Gasteiger charge is 2.43. The third-order valence-electron chi connectivity index (χ3n) is 7.81. The summed E-state index contributed by atoms with van der Waals surface area (Å²) in [6.45, 7) is 23.0. The minimum absolute atomic E-state index is 0.115. The van der Waals surface area contributed by atoms with Gasteiger partial charge in [0, 0.05) is 30.9 Å². The number of rotatable bonds is 13. The summed E-state index contributed by atoms with van der Waals surface area (Å²) in [5.74, 6) is -0.325. The molecule has 0 bridgehead atoms. The maximum Gasteiger partial charge on any atom is 0.417 e. The highest BCUT2D eigenvalue weighted by Crippen LogP contribution is 2.40. The molecule has 0 radical (unpaired) electrons. The van der Waals surface area contributed by atoms with Gasteiger partial charge >= 0.3 is 12.3 Å². The zero-order valence-electron chi connectivity index (χ0n) is 28.2. The number of allylic oxidation sites excluding steroid dienone is 13. The highest BCUT2D eigenvalue weighted by molar-refractivity contribution is 6.04. The third-order valence-corrected chi connectivity index (χ3v) is 7.81. The molecule has 0 aromatic rings. The van der Waals surface area contributed by atoms with Crippen LogP contribution in [0.4, 0.5) is 22.4 Å². The van der Waals surface area contributed by atoms with E-state index in [1.165, 1.54) is 45.2 Å². The minimum atomic E-state index is -4.75. The Hall–Kier alpha value is -3.64. The molecule has 2 aliphatic rings. The van der Waals surface area contributed by atoms with Gasteiger partial charge < -0.3 is 9.64 Å². The first kappa shape index (κ1) is 37.5. The van der Waals surface area contributed by atoms with E-state index in [-0.39, 0.29) is 40.5 Å². The summed E-state index contributed by atoms with van der Waals surface area (Å²) in [5.41, 5.74) is 4.04. The molecule has 0 aromatic heterocycles. The monoisotopic (exact) mass is 628 g/mol. The molecule has 1 amide bonds. The number of ether oxygens (including phenoxy) is 1. The normalized spacial score (nSPS) is 18.4. The number of aliphatic imine (C=N–C) groups is 1. The molecule has 0 unspecified atom stereocenters. The zero-order valence-corrected chi connectivity index (χ0v) is 28.2. The van der Waals surface area contributed by atoms with Gasteiger partial charge in [0.2, 0.25) is 0 Å². The molecule has 2 rings (SSSR count). The van der Waals surface area contributed by atoms with Crippen LogP contribution < -0.4 is 0 Å². The van der Waals surface area contributed by atoms with Crippen molar-refractivity contribution in [3.8, 4) is 0 Å². The largest absolute Gasteiger partial charge is 0.443 e. The Morgan fingerprint density at radius 1 is 1.18 bits per heavy atom. The maximum absolute atomic E-state index is 14.9. The first-order valence-corrected chi connectivity index (χ1v) is 15.3. The number of carbonyl (C=O) groups is 1. The first-order valence-electron chi connectivity index (χ1n) is 15.3. The summed E-state index contributed by atoms with van der Waals surface area (Å²) < 4.78 is 64.4. The molecule has 45 heavy (non-hydrogen) atoms. The van der Waals surface area contributed by atoms with Gasteiger partial charge in [-0.05, 0) is 125 Å². The van der Waals surface area contributed by atoms with Gasteiger partial charge in [-0.3, -0.25) is 4.99 Å². The fourth-order valence-electron chi connectivity index (χ4n) is 4.95. The Kier molecular flexibility index (Phi) is 13.0. The quantitative estimate of drug-likeness (QED) is 0.0881. The van der Waals surface area contributed by atoms with Crippen LogP contribution in [0.25, 0.3) is 0 Å². The van der Waals surface area contributed by atoms with Crippen molar-refractivity contribution in [1.82, 2.24) is 4.90 Å². The van der Waals surface area contributed by atoms with E-state index in [9.17, 15) is 22.4 Å². The van der Waals surface area contributed by atoms with Gasteiger partial charge in [0.1, 0.15) is 11.4 Å². The van der Waals surface area contributed by atoms with Crippen molar-refractivity contribution < 1.29 is 27.1 Å². The van der Waals surface area contributed by atoms with Crippen molar-refractivity contribution in [2.24, 2.45) is 10.9 Å². The molecule has 0 saturated heterocycles. The number of hydrogen-bond acceptors (Lipinski definition) is 3. The van der Waals surface area contributed by atoms with Crippen molar-refractivity contribution in [3.05, 3.63) is 99.7 Å². The number of hydrogen-bond donors (Lipinski definition) is 0. The lowest BCUT2D eigenvalue weighted by Crippen LogP contribution is -2.42. The van der Waals surface area contributed by atoms with Crippen LogP contribution in [-0.2, 0) is 4.74 Å². The van der Waals surface area contributed by atoms with Crippen LogP contribution in [0.3, 0.4) is 0 Å². The molecule has 0 spiro atoms. The predicted molar refractivity (Wildman–Crippen MR) is 177 cm³/mol. The van der Waals surface area contributed by atoms with Crippen LogP contribution in [0, 0.1) is 5.92 Å². The van der Waals surface area contributed by atoms with Crippen molar-refractivity contribution in [2.45, 2.75) is 98.9 Å². The van der Waals surface area contributed by atoms with Crippen molar-refractivity contribution in [2.75, 3.05) is 13.6 Å². The molecule has 0 N–H and O–H groups in total. The van der Waals surface area contributed by atoms with Gasteiger partial charge in [0.15, 0.2) is 0 Å². The van der Waals surface area contributed by atoms with Crippen LogP contribution in [-0.4, -0.2) is 48.1 Å². The number of nitrogens with zero attached hydrogens (tertiary/aromatic N) is 2. The Morgan fingerprint density at radius 2 is 1.80 bits per heavy atom.